The Morgan fingerprint density at radius 2 is 2.00 bits per heavy atom. The van der Waals surface area contributed by atoms with Crippen LogP contribution in [0.1, 0.15) is 42.6 Å². The highest BCUT2D eigenvalue weighted by Gasteiger charge is 2.45. The molecule has 3 aromatic heterocycles. The molecule has 2 N–H and O–H groups in total. The van der Waals surface area contributed by atoms with Crippen LogP contribution in [0.15, 0.2) is 23.5 Å². The fraction of sp³-hybridized carbons (Fsp3) is 0.353. The van der Waals surface area contributed by atoms with E-state index in [9.17, 15) is 13.5 Å². The molecule has 4 heterocycles. The van der Waals surface area contributed by atoms with E-state index in [-0.39, 0.29) is 46.1 Å². The smallest absolute Gasteiger partial charge is 0.276 e. The van der Waals surface area contributed by atoms with Crippen LogP contribution in [0.3, 0.4) is 0 Å². The molecular formula is C17H15ClFN7O2S. The monoisotopic (exact) mass is 435 g/mol. The Balaban J connectivity index is 1.67. The number of carbonyl (C=O) groups is 1. The Bertz CT molecular complexity index is 1200. The number of aromatic nitrogens is 5. The number of fused-ring (bicyclic) bond motifs is 3. The maximum absolute atomic E-state index is 13.4. The number of pyridine rings is 1. The van der Waals surface area contributed by atoms with E-state index in [1.165, 1.54) is 23.3 Å². The van der Waals surface area contributed by atoms with Gasteiger partial charge < -0.3 is 10.6 Å². The Kier molecular flexibility index (Phi) is 4.24. The van der Waals surface area contributed by atoms with Gasteiger partial charge in [-0.25, -0.2) is 18.9 Å². The van der Waals surface area contributed by atoms with E-state index < -0.39 is 11.2 Å². The van der Waals surface area contributed by atoms with E-state index in [1.54, 1.807) is 0 Å². The van der Waals surface area contributed by atoms with E-state index >= 15 is 0 Å². The average Bonchev–Trinajstić information content (AvgIpc) is 3.26. The minimum Gasteiger partial charge on any atom is -0.334 e. The molecule has 1 saturated carbocycles. The topological polar surface area (TPSA) is 107 Å². The second-order valence-corrected chi connectivity index (χ2v) is 8.04. The highest BCUT2D eigenvalue weighted by molar-refractivity contribution is 7.92. The first-order valence-corrected chi connectivity index (χ1v) is 10.1. The summed E-state index contributed by atoms with van der Waals surface area (Å²) in [6.45, 7) is 0. The fourth-order valence-corrected chi connectivity index (χ4v) is 4.81. The van der Waals surface area contributed by atoms with Gasteiger partial charge >= 0.3 is 0 Å². The third kappa shape index (κ3) is 2.71. The van der Waals surface area contributed by atoms with E-state index in [2.05, 4.69) is 25.6 Å². The summed E-state index contributed by atoms with van der Waals surface area (Å²) in [5.74, 6) is -0.141. The number of rotatable bonds is 3. The van der Waals surface area contributed by atoms with Crippen LogP contribution in [0, 0.1) is 0 Å². The molecule has 3 aromatic rings. The van der Waals surface area contributed by atoms with E-state index in [0.717, 1.165) is 23.2 Å². The van der Waals surface area contributed by atoms with Crippen molar-refractivity contribution < 1.29 is 8.68 Å². The molecule has 0 aromatic carbocycles. The van der Waals surface area contributed by atoms with Crippen molar-refractivity contribution >= 4 is 52.5 Å². The predicted octanol–water partition coefficient (Wildman–Crippen LogP) is 3.13. The number of anilines is 2. The third-order valence-corrected chi connectivity index (χ3v) is 6.17. The molecule has 29 heavy (non-hydrogen) atoms. The van der Waals surface area contributed by atoms with Gasteiger partial charge in [0.15, 0.2) is 23.8 Å². The summed E-state index contributed by atoms with van der Waals surface area (Å²) in [6.07, 6.45) is 6.73. The van der Waals surface area contributed by atoms with Gasteiger partial charge in [-0.05, 0) is 31.7 Å². The summed E-state index contributed by atoms with van der Waals surface area (Å²) >= 11 is 6.34. The second kappa shape index (κ2) is 6.70. The Morgan fingerprint density at radius 3 is 2.76 bits per heavy atom. The molecule has 0 radical (unpaired) electrons. The number of carbonyl (C=O) groups excluding carboxylic acids is 1. The van der Waals surface area contributed by atoms with Crippen molar-refractivity contribution in [2.75, 3.05) is 5.32 Å². The molecule has 0 bridgehead atoms. The normalized spacial score (nSPS) is 17.5. The molecule has 2 aliphatic rings. The molecule has 0 unspecified atom stereocenters. The van der Waals surface area contributed by atoms with Crippen LogP contribution in [-0.2, 0) is 5.66 Å². The second-order valence-electron chi connectivity index (χ2n) is 7.10. The molecule has 12 heteroatoms. The molecule has 0 atom stereocenters. The number of hydrogen-bond acceptors (Lipinski definition) is 7. The van der Waals surface area contributed by atoms with Gasteiger partial charge in [-0.2, -0.15) is 0 Å². The number of nitrogens with zero attached hydrogens (tertiary/aromatic N) is 5. The fourth-order valence-electron chi connectivity index (χ4n) is 4.21. The van der Waals surface area contributed by atoms with Gasteiger partial charge in [0.1, 0.15) is 35.2 Å². The molecule has 0 saturated heterocycles. The molecular weight excluding hydrogens is 421 g/mol. The van der Waals surface area contributed by atoms with Crippen LogP contribution in [0.25, 0.3) is 11.2 Å². The van der Waals surface area contributed by atoms with Gasteiger partial charge in [0.25, 0.3) is 11.5 Å². The zero-order valence-electron chi connectivity index (χ0n) is 15.0. The van der Waals surface area contributed by atoms with E-state index in [4.69, 9.17) is 11.6 Å². The first-order valence-electron chi connectivity index (χ1n) is 9.07. The summed E-state index contributed by atoms with van der Waals surface area (Å²) in [6, 6.07) is 1.40. The Hall–Kier alpha value is -2.66. The highest BCUT2D eigenvalue weighted by atomic mass is 35.5. The molecule has 1 aliphatic heterocycles. The number of hydrogen-bond donors (Lipinski definition) is 2. The van der Waals surface area contributed by atoms with Crippen molar-refractivity contribution in [2.24, 2.45) is 0 Å². The molecule has 1 fully saturated rings. The Morgan fingerprint density at radius 1 is 1.21 bits per heavy atom. The first-order chi connectivity index (χ1) is 14.0. The maximum Gasteiger partial charge on any atom is 0.276 e. The minimum atomic E-state index is -0.763. The van der Waals surface area contributed by atoms with Crippen LogP contribution in [0.2, 0.25) is 5.02 Å². The third-order valence-electron chi connectivity index (χ3n) is 5.46. The summed E-state index contributed by atoms with van der Waals surface area (Å²) in [4.78, 5) is 38.1. The van der Waals surface area contributed by atoms with Crippen molar-refractivity contribution in [1.82, 2.24) is 28.8 Å². The summed E-state index contributed by atoms with van der Waals surface area (Å²) < 4.78 is 15.9. The van der Waals surface area contributed by atoms with Crippen molar-refractivity contribution in [2.45, 2.75) is 37.8 Å². The van der Waals surface area contributed by atoms with Crippen LogP contribution in [0.4, 0.5) is 15.4 Å². The molecule has 1 aliphatic carbocycles. The summed E-state index contributed by atoms with van der Waals surface area (Å²) in [5.41, 5.74) is -0.280. The SMILES string of the molecule is O=C1NC2(CCCCC2)n2c1c(Cl)cc(Nc1ncnc3ncn(SF)c13)c2=O. The Labute approximate surface area is 173 Å². The van der Waals surface area contributed by atoms with Crippen LogP contribution >= 0.6 is 23.9 Å². The quantitative estimate of drug-likeness (QED) is 0.650. The van der Waals surface area contributed by atoms with Gasteiger partial charge in [0.05, 0.1) is 5.02 Å². The van der Waals surface area contributed by atoms with Gasteiger partial charge in [0.2, 0.25) is 0 Å². The lowest BCUT2D eigenvalue weighted by molar-refractivity contribution is 0.0877. The standard InChI is InChI=1S/C17H15ClFN7O2S/c18-9-6-10(23-14-12-13(20-7-21-14)22-8-25(12)29-19)16(28)26-11(9)15(27)24-17(26)4-2-1-3-5-17/h6-8H,1-5H2,(H,24,27)(H,20,21,23). The molecule has 9 nitrogen and oxygen atoms in total. The van der Waals surface area contributed by atoms with Crippen molar-refractivity contribution in [3.05, 3.63) is 39.8 Å². The zero-order valence-corrected chi connectivity index (χ0v) is 16.6. The highest BCUT2D eigenvalue weighted by Crippen LogP contribution is 2.38. The average molecular weight is 436 g/mol. The van der Waals surface area contributed by atoms with Crippen LogP contribution in [0.5, 0.6) is 0 Å². The summed E-state index contributed by atoms with van der Waals surface area (Å²) in [5, 5.41) is 6.06. The van der Waals surface area contributed by atoms with Crippen LogP contribution < -0.4 is 16.2 Å². The lowest BCUT2D eigenvalue weighted by atomic mass is 9.89. The van der Waals surface area contributed by atoms with Crippen LogP contribution in [-0.4, -0.2) is 29.4 Å². The minimum absolute atomic E-state index is 0.0549. The maximum atomic E-state index is 13.4. The van der Waals surface area contributed by atoms with Gasteiger partial charge in [-0.1, -0.05) is 18.0 Å². The number of imidazole rings is 1. The van der Waals surface area contributed by atoms with Gasteiger partial charge in [-0.15, -0.1) is 3.89 Å². The van der Waals surface area contributed by atoms with E-state index in [0.29, 0.717) is 18.4 Å². The van der Waals surface area contributed by atoms with Crippen molar-refractivity contribution in [3.63, 3.8) is 0 Å². The molecule has 5 rings (SSSR count). The van der Waals surface area contributed by atoms with Crippen molar-refractivity contribution in [1.29, 1.82) is 0 Å². The number of halogens is 2. The first kappa shape index (κ1) is 18.4. The lowest BCUT2D eigenvalue weighted by Crippen LogP contribution is -2.48. The zero-order chi connectivity index (χ0) is 20.2. The number of nitrogens with one attached hydrogen (secondary N) is 2. The largest absolute Gasteiger partial charge is 0.334 e. The van der Waals surface area contributed by atoms with Gasteiger partial charge in [-0.3, -0.25) is 14.2 Å². The molecule has 1 amide bonds. The predicted molar refractivity (Wildman–Crippen MR) is 107 cm³/mol. The summed E-state index contributed by atoms with van der Waals surface area (Å²) in [7, 11) is 0. The lowest BCUT2D eigenvalue weighted by Gasteiger charge is -2.35. The van der Waals surface area contributed by atoms with E-state index in [1.807, 2.05) is 0 Å². The van der Waals surface area contributed by atoms with Crippen molar-refractivity contribution in [3.8, 4) is 0 Å². The molecule has 1 spiro atoms. The number of amides is 1. The van der Waals surface area contributed by atoms with Gasteiger partial charge in [0, 0.05) is 0 Å². The molecule has 150 valence electrons.